The van der Waals surface area contributed by atoms with E-state index in [0.29, 0.717) is 11.0 Å². The molecule has 0 aromatic heterocycles. The van der Waals surface area contributed by atoms with Crippen molar-refractivity contribution in [3.63, 3.8) is 0 Å². The maximum absolute atomic E-state index is 2.75. The fourth-order valence-corrected chi connectivity index (χ4v) is 3.17. The fourth-order valence-electron chi connectivity index (χ4n) is 3.17. The zero-order valence-corrected chi connectivity index (χ0v) is 11.7. The third-order valence-corrected chi connectivity index (χ3v) is 3.68. The van der Waals surface area contributed by atoms with Gasteiger partial charge in [-0.3, -0.25) is 4.90 Å². The summed E-state index contributed by atoms with van der Waals surface area (Å²) in [6.45, 7) is 16.6. The highest BCUT2D eigenvalue weighted by atomic mass is 15.3. The summed E-state index contributed by atoms with van der Waals surface area (Å²) in [6.07, 6.45) is 4.13. The second kappa shape index (κ2) is 4.08. The van der Waals surface area contributed by atoms with Crippen LogP contribution >= 0.6 is 0 Å². The predicted octanol–water partition coefficient (Wildman–Crippen LogP) is 4.07. The monoisotopic (exact) mass is 211 g/mol. The molecule has 1 rings (SSSR count). The number of hydrogen-bond acceptors (Lipinski definition) is 1. The number of hydrogen-bond donors (Lipinski definition) is 0. The van der Waals surface area contributed by atoms with Crippen molar-refractivity contribution in [1.29, 1.82) is 0 Å². The van der Waals surface area contributed by atoms with Crippen LogP contribution in [0, 0.1) is 5.41 Å². The van der Waals surface area contributed by atoms with Crippen molar-refractivity contribution in [2.75, 3.05) is 0 Å². The van der Waals surface area contributed by atoms with E-state index in [1.165, 1.54) is 19.3 Å². The van der Waals surface area contributed by atoms with Crippen molar-refractivity contribution in [3.05, 3.63) is 0 Å². The van der Waals surface area contributed by atoms with Crippen LogP contribution in [0.5, 0.6) is 0 Å². The topological polar surface area (TPSA) is 3.24 Å². The first-order valence-electron chi connectivity index (χ1n) is 6.42. The van der Waals surface area contributed by atoms with E-state index in [1.807, 2.05) is 0 Å². The molecule has 1 aliphatic rings. The van der Waals surface area contributed by atoms with Crippen molar-refractivity contribution in [1.82, 2.24) is 4.90 Å². The fraction of sp³-hybridized carbons (Fsp3) is 1.00. The molecule has 1 heterocycles. The predicted molar refractivity (Wildman–Crippen MR) is 68.1 cm³/mol. The van der Waals surface area contributed by atoms with Crippen LogP contribution in [0.3, 0.4) is 0 Å². The molecule has 1 saturated heterocycles. The van der Waals surface area contributed by atoms with Gasteiger partial charge in [0, 0.05) is 17.6 Å². The minimum absolute atomic E-state index is 0.303. The van der Waals surface area contributed by atoms with Crippen molar-refractivity contribution in [2.24, 2.45) is 5.41 Å². The Labute approximate surface area is 96.2 Å². The molecule has 2 unspecified atom stereocenters. The molecular formula is C14H29N. The van der Waals surface area contributed by atoms with Gasteiger partial charge in [0.1, 0.15) is 0 Å². The van der Waals surface area contributed by atoms with Crippen LogP contribution in [0.25, 0.3) is 0 Å². The van der Waals surface area contributed by atoms with Crippen molar-refractivity contribution in [2.45, 2.75) is 85.4 Å². The quantitative estimate of drug-likeness (QED) is 0.584. The Hall–Kier alpha value is -0.0400. The standard InChI is InChI=1S/C14H29N/c1-11-9-8-10-12(13(2,3)4)15(11)14(5,6)7/h11-12H,8-10H2,1-7H3. The molecule has 15 heavy (non-hydrogen) atoms. The third kappa shape index (κ3) is 2.96. The van der Waals surface area contributed by atoms with Gasteiger partial charge in [-0.05, 0) is 46.0 Å². The lowest BCUT2D eigenvalue weighted by atomic mass is 9.77. The number of piperidine rings is 1. The van der Waals surface area contributed by atoms with Gasteiger partial charge in [-0.15, -0.1) is 0 Å². The van der Waals surface area contributed by atoms with E-state index < -0.39 is 0 Å². The van der Waals surface area contributed by atoms with Gasteiger partial charge in [0.15, 0.2) is 0 Å². The van der Waals surface area contributed by atoms with Gasteiger partial charge in [0.2, 0.25) is 0 Å². The maximum atomic E-state index is 2.75. The Bertz CT molecular complexity index is 206. The highest BCUT2D eigenvalue weighted by Crippen LogP contribution is 2.38. The summed E-state index contributed by atoms with van der Waals surface area (Å²) < 4.78 is 0. The SMILES string of the molecule is CC1CCCC(C(C)(C)C)N1C(C)(C)C. The summed E-state index contributed by atoms with van der Waals surface area (Å²) in [4.78, 5) is 2.75. The van der Waals surface area contributed by atoms with Gasteiger partial charge in [-0.25, -0.2) is 0 Å². The van der Waals surface area contributed by atoms with Crippen LogP contribution in [-0.4, -0.2) is 22.5 Å². The summed E-state index contributed by atoms with van der Waals surface area (Å²) in [6, 6.07) is 1.48. The highest BCUT2D eigenvalue weighted by Gasteiger charge is 2.40. The first kappa shape index (κ1) is 13.0. The largest absolute Gasteiger partial charge is 0.292 e. The maximum Gasteiger partial charge on any atom is 0.0152 e. The van der Waals surface area contributed by atoms with E-state index in [1.54, 1.807) is 0 Å². The Morgan fingerprint density at radius 2 is 1.47 bits per heavy atom. The Balaban J connectivity index is 2.93. The van der Waals surface area contributed by atoms with Crippen LogP contribution in [0.2, 0.25) is 0 Å². The second-order valence-electron chi connectivity index (χ2n) is 7.24. The lowest BCUT2D eigenvalue weighted by Crippen LogP contribution is -2.58. The van der Waals surface area contributed by atoms with Gasteiger partial charge >= 0.3 is 0 Å². The van der Waals surface area contributed by atoms with Crippen LogP contribution < -0.4 is 0 Å². The summed E-state index contributed by atoms with van der Waals surface area (Å²) >= 11 is 0. The first-order chi connectivity index (χ1) is 6.64. The molecule has 0 spiro atoms. The molecule has 1 heteroatoms. The average Bonchev–Trinajstić information content (AvgIpc) is 1.99. The molecule has 1 aliphatic heterocycles. The highest BCUT2D eigenvalue weighted by molar-refractivity contribution is 4.95. The molecule has 0 saturated carbocycles. The zero-order chi connectivity index (χ0) is 11.9. The average molecular weight is 211 g/mol. The van der Waals surface area contributed by atoms with Gasteiger partial charge < -0.3 is 0 Å². The Kier molecular flexibility index (Phi) is 3.55. The lowest BCUT2D eigenvalue weighted by Gasteiger charge is -2.53. The van der Waals surface area contributed by atoms with E-state index in [2.05, 4.69) is 53.4 Å². The lowest BCUT2D eigenvalue weighted by molar-refractivity contribution is -0.0388. The summed E-state index contributed by atoms with van der Waals surface area (Å²) in [5.41, 5.74) is 0.708. The van der Waals surface area contributed by atoms with Gasteiger partial charge in [0.05, 0.1) is 0 Å². The van der Waals surface area contributed by atoms with E-state index in [-0.39, 0.29) is 0 Å². The normalized spacial score (nSPS) is 30.6. The molecule has 1 fully saturated rings. The van der Waals surface area contributed by atoms with Crippen LogP contribution in [-0.2, 0) is 0 Å². The van der Waals surface area contributed by atoms with E-state index in [0.717, 1.165) is 12.1 Å². The molecule has 0 radical (unpaired) electrons. The van der Waals surface area contributed by atoms with Crippen LogP contribution in [0.15, 0.2) is 0 Å². The molecule has 0 aliphatic carbocycles. The smallest absolute Gasteiger partial charge is 0.0152 e. The molecule has 0 bridgehead atoms. The zero-order valence-electron chi connectivity index (χ0n) is 11.7. The Morgan fingerprint density at radius 1 is 0.933 bits per heavy atom. The summed E-state index contributed by atoms with van der Waals surface area (Å²) in [5.74, 6) is 0. The van der Waals surface area contributed by atoms with E-state index in [4.69, 9.17) is 0 Å². The molecule has 1 nitrogen and oxygen atoms in total. The van der Waals surface area contributed by atoms with Crippen molar-refractivity contribution >= 4 is 0 Å². The third-order valence-electron chi connectivity index (χ3n) is 3.68. The molecule has 0 N–H and O–H groups in total. The Morgan fingerprint density at radius 3 is 1.80 bits per heavy atom. The summed E-state index contributed by atoms with van der Waals surface area (Å²) in [7, 11) is 0. The number of nitrogens with zero attached hydrogens (tertiary/aromatic N) is 1. The second-order valence-corrected chi connectivity index (χ2v) is 7.24. The first-order valence-corrected chi connectivity index (χ1v) is 6.42. The molecule has 0 amide bonds. The minimum atomic E-state index is 0.303. The van der Waals surface area contributed by atoms with Crippen molar-refractivity contribution < 1.29 is 0 Å². The van der Waals surface area contributed by atoms with Gasteiger partial charge in [-0.2, -0.15) is 0 Å². The molecule has 2 atom stereocenters. The minimum Gasteiger partial charge on any atom is -0.292 e. The van der Waals surface area contributed by atoms with Gasteiger partial charge in [0.25, 0.3) is 0 Å². The number of rotatable bonds is 0. The van der Waals surface area contributed by atoms with Crippen LogP contribution in [0.4, 0.5) is 0 Å². The van der Waals surface area contributed by atoms with E-state index in [9.17, 15) is 0 Å². The van der Waals surface area contributed by atoms with Crippen molar-refractivity contribution in [3.8, 4) is 0 Å². The van der Waals surface area contributed by atoms with Gasteiger partial charge in [-0.1, -0.05) is 27.2 Å². The molecule has 0 aromatic carbocycles. The van der Waals surface area contributed by atoms with E-state index >= 15 is 0 Å². The molecular weight excluding hydrogens is 182 g/mol. The van der Waals surface area contributed by atoms with Crippen LogP contribution in [0.1, 0.15) is 67.7 Å². The number of likely N-dealkylation sites (tertiary alicyclic amines) is 1. The summed E-state index contributed by atoms with van der Waals surface area (Å²) in [5, 5.41) is 0. The molecule has 90 valence electrons. The molecule has 0 aromatic rings.